The third-order valence-electron chi connectivity index (χ3n) is 1.97. The van der Waals surface area contributed by atoms with E-state index >= 15 is 0 Å². The first-order valence-corrected chi connectivity index (χ1v) is 4.90. The number of amides is 1. The highest BCUT2D eigenvalue weighted by molar-refractivity contribution is 5.67. The molecule has 0 aromatic rings. The van der Waals surface area contributed by atoms with Gasteiger partial charge < -0.3 is 4.74 Å². The highest BCUT2D eigenvalue weighted by atomic mass is 16.6. The van der Waals surface area contributed by atoms with E-state index in [4.69, 9.17) is 10.6 Å². The van der Waals surface area contributed by atoms with Crippen molar-refractivity contribution in [1.29, 1.82) is 0 Å². The summed E-state index contributed by atoms with van der Waals surface area (Å²) in [4.78, 5) is 11.5. The standard InChI is InChI=1S/C9H19N3O2/c1-9(2,3)14-8(13)12(10)7-5-4-6-11-7/h7,11H,4-6,10H2,1-3H3/t7-/m0/s1. The van der Waals surface area contributed by atoms with Crippen molar-refractivity contribution in [3.8, 4) is 0 Å². The van der Waals surface area contributed by atoms with Crippen LogP contribution in [0, 0.1) is 0 Å². The first-order valence-electron chi connectivity index (χ1n) is 4.90. The molecule has 14 heavy (non-hydrogen) atoms. The molecule has 1 atom stereocenters. The lowest BCUT2D eigenvalue weighted by molar-refractivity contribution is 0.0141. The molecule has 0 unspecified atom stereocenters. The summed E-state index contributed by atoms with van der Waals surface area (Å²) in [6, 6.07) is 0. The number of hydrogen-bond donors (Lipinski definition) is 2. The minimum Gasteiger partial charge on any atom is -0.443 e. The summed E-state index contributed by atoms with van der Waals surface area (Å²) in [6.45, 7) is 6.36. The third kappa shape index (κ3) is 3.16. The molecule has 0 aromatic carbocycles. The van der Waals surface area contributed by atoms with Crippen molar-refractivity contribution in [2.45, 2.75) is 45.4 Å². The number of nitrogens with zero attached hydrogens (tertiary/aromatic N) is 1. The zero-order valence-corrected chi connectivity index (χ0v) is 9.04. The van der Waals surface area contributed by atoms with Crippen molar-refractivity contribution >= 4 is 6.09 Å². The predicted octanol–water partition coefficient (Wildman–Crippen LogP) is 0.807. The molecule has 0 saturated carbocycles. The smallest absolute Gasteiger partial charge is 0.426 e. The number of hydrogen-bond acceptors (Lipinski definition) is 4. The van der Waals surface area contributed by atoms with E-state index in [9.17, 15) is 4.79 Å². The maximum absolute atomic E-state index is 11.5. The van der Waals surface area contributed by atoms with Crippen molar-refractivity contribution in [3.05, 3.63) is 0 Å². The topological polar surface area (TPSA) is 67.6 Å². The maximum atomic E-state index is 11.5. The van der Waals surface area contributed by atoms with Gasteiger partial charge in [-0.1, -0.05) is 0 Å². The highest BCUT2D eigenvalue weighted by Crippen LogP contribution is 2.12. The molecular formula is C9H19N3O2. The number of hydrazine groups is 1. The lowest BCUT2D eigenvalue weighted by atomic mass is 10.2. The van der Waals surface area contributed by atoms with Crippen LogP contribution in [-0.2, 0) is 4.74 Å². The summed E-state index contributed by atoms with van der Waals surface area (Å²) in [5, 5.41) is 4.26. The minimum absolute atomic E-state index is 0.0788. The second kappa shape index (κ2) is 4.14. The van der Waals surface area contributed by atoms with Crippen LogP contribution in [0.25, 0.3) is 0 Å². The minimum atomic E-state index is -0.493. The molecule has 5 nitrogen and oxygen atoms in total. The van der Waals surface area contributed by atoms with Gasteiger partial charge in [0.2, 0.25) is 0 Å². The molecule has 1 amide bonds. The molecule has 1 saturated heterocycles. The Morgan fingerprint density at radius 1 is 1.57 bits per heavy atom. The van der Waals surface area contributed by atoms with Crippen LogP contribution in [0.1, 0.15) is 33.6 Å². The van der Waals surface area contributed by atoms with Crippen molar-refractivity contribution in [3.63, 3.8) is 0 Å². The van der Waals surface area contributed by atoms with Crippen LogP contribution in [0.3, 0.4) is 0 Å². The molecule has 1 aliphatic heterocycles. The van der Waals surface area contributed by atoms with Gasteiger partial charge in [0.05, 0.1) is 0 Å². The maximum Gasteiger partial charge on any atom is 0.426 e. The molecular weight excluding hydrogens is 182 g/mol. The number of ether oxygens (including phenoxy) is 1. The van der Waals surface area contributed by atoms with Crippen molar-refractivity contribution in [2.24, 2.45) is 5.84 Å². The molecule has 0 aromatic heterocycles. The highest BCUT2D eigenvalue weighted by Gasteiger charge is 2.27. The van der Waals surface area contributed by atoms with Crippen LogP contribution in [-0.4, -0.2) is 29.4 Å². The average molecular weight is 201 g/mol. The van der Waals surface area contributed by atoms with Gasteiger partial charge in [-0.2, -0.15) is 0 Å². The summed E-state index contributed by atoms with van der Waals surface area (Å²) in [5.74, 6) is 5.63. The second-order valence-corrected chi connectivity index (χ2v) is 4.50. The van der Waals surface area contributed by atoms with Crippen LogP contribution in [0.4, 0.5) is 4.79 Å². The Hall–Kier alpha value is -0.810. The van der Waals surface area contributed by atoms with E-state index in [1.165, 1.54) is 0 Å². The lowest BCUT2D eigenvalue weighted by Crippen LogP contribution is -2.51. The van der Waals surface area contributed by atoms with E-state index in [2.05, 4.69) is 5.32 Å². The summed E-state index contributed by atoms with van der Waals surface area (Å²) >= 11 is 0. The Balaban J connectivity index is 2.43. The van der Waals surface area contributed by atoms with E-state index in [-0.39, 0.29) is 6.17 Å². The van der Waals surface area contributed by atoms with E-state index in [1.54, 1.807) is 0 Å². The van der Waals surface area contributed by atoms with Gasteiger partial charge in [0.25, 0.3) is 0 Å². The molecule has 1 rings (SSSR count). The largest absolute Gasteiger partial charge is 0.443 e. The van der Waals surface area contributed by atoms with Gasteiger partial charge in [0.15, 0.2) is 0 Å². The van der Waals surface area contributed by atoms with Crippen LogP contribution >= 0.6 is 0 Å². The zero-order chi connectivity index (χ0) is 10.8. The quantitative estimate of drug-likeness (QED) is 0.374. The number of nitrogens with one attached hydrogen (secondary N) is 1. The fourth-order valence-electron chi connectivity index (χ4n) is 1.35. The Morgan fingerprint density at radius 2 is 2.21 bits per heavy atom. The molecule has 0 bridgehead atoms. The van der Waals surface area contributed by atoms with Gasteiger partial charge in [-0.25, -0.2) is 15.6 Å². The summed E-state index contributed by atoms with van der Waals surface area (Å²) in [7, 11) is 0. The number of rotatable bonds is 1. The van der Waals surface area contributed by atoms with Crippen LogP contribution in [0.5, 0.6) is 0 Å². The lowest BCUT2D eigenvalue weighted by Gasteiger charge is -2.27. The summed E-state index contributed by atoms with van der Waals surface area (Å²) in [5.41, 5.74) is -0.493. The first-order chi connectivity index (χ1) is 6.40. The van der Waals surface area contributed by atoms with E-state index in [0.717, 1.165) is 24.4 Å². The summed E-state index contributed by atoms with van der Waals surface area (Å²) < 4.78 is 5.13. The van der Waals surface area contributed by atoms with E-state index in [1.807, 2.05) is 20.8 Å². The van der Waals surface area contributed by atoms with E-state index < -0.39 is 11.7 Å². The molecule has 0 radical (unpaired) electrons. The molecule has 1 fully saturated rings. The zero-order valence-electron chi connectivity index (χ0n) is 9.04. The van der Waals surface area contributed by atoms with Gasteiger partial charge in [-0.3, -0.25) is 5.32 Å². The molecule has 3 N–H and O–H groups in total. The van der Waals surface area contributed by atoms with Crippen molar-refractivity contribution in [2.75, 3.05) is 6.54 Å². The third-order valence-corrected chi connectivity index (χ3v) is 1.97. The Bertz CT molecular complexity index is 207. The van der Waals surface area contributed by atoms with Crippen molar-refractivity contribution < 1.29 is 9.53 Å². The number of nitrogens with two attached hydrogens (primary N) is 1. The molecule has 82 valence electrons. The van der Waals surface area contributed by atoms with Crippen molar-refractivity contribution in [1.82, 2.24) is 10.3 Å². The fraction of sp³-hybridized carbons (Fsp3) is 0.889. The Kier molecular flexibility index (Phi) is 3.34. The molecule has 0 spiro atoms. The predicted molar refractivity (Wildman–Crippen MR) is 53.3 cm³/mol. The van der Waals surface area contributed by atoms with Crippen LogP contribution in [0.2, 0.25) is 0 Å². The number of carbonyl (C=O) groups is 1. The Labute approximate surface area is 84.5 Å². The second-order valence-electron chi connectivity index (χ2n) is 4.50. The average Bonchev–Trinajstić information content (AvgIpc) is 2.51. The van der Waals surface area contributed by atoms with E-state index in [0.29, 0.717) is 0 Å². The monoisotopic (exact) mass is 201 g/mol. The fourth-order valence-corrected chi connectivity index (χ4v) is 1.35. The van der Waals surface area contributed by atoms with Gasteiger partial charge in [-0.05, 0) is 40.2 Å². The summed E-state index contributed by atoms with van der Waals surface area (Å²) in [6.07, 6.45) is 1.37. The van der Waals surface area contributed by atoms with Gasteiger partial charge in [0, 0.05) is 0 Å². The van der Waals surface area contributed by atoms with Crippen LogP contribution < -0.4 is 11.2 Å². The normalized spacial score (nSPS) is 22.1. The van der Waals surface area contributed by atoms with Gasteiger partial charge >= 0.3 is 6.09 Å². The number of carbonyl (C=O) groups excluding carboxylic acids is 1. The van der Waals surface area contributed by atoms with Gasteiger partial charge in [-0.15, -0.1) is 0 Å². The molecule has 0 aliphatic carbocycles. The van der Waals surface area contributed by atoms with Crippen LogP contribution in [0.15, 0.2) is 0 Å². The van der Waals surface area contributed by atoms with Gasteiger partial charge in [0.1, 0.15) is 11.8 Å². The SMILES string of the molecule is CC(C)(C)OC(=O)N(N)[C@H]1CCCN1. The molecule has 1 heterocycles. The molecule has 5 heteroatoms. The Morgan fingerprint density at radius 3 is 2.64 bits per heavy atom. The molecule has 1 aliphatic rings. The first kappa shape index (κ1) is 11.3.